The molecule has 3 rings (SSSR count). The molecule has 1 saturated heterocycles. The van der Waals surface area contributed by atoms with Gasteiger partial charge in [-0.15, -0.1) is 0 Å². The van der Waals surface area contributed by atoms with Crippen LogP contribution < -0.4 is 21.9 Å². The lowest BCUT2D eigenvalue weighted by Gasteiger charge is -2.30. The number of alkyl halides is 3. The van der Waals surface area contributed by atoms with Crippen molar-refractivity contribution in [2.45, 2.75) is 12.2 Å². The summed E-state index contributed by atoms with van der Waals surface area (Å²) in [5.41, 5.74) is 3.42. The van der Waals surface area contributed by atoms with Crippen LogP contribution in [0.3, 0.4) is 0 Å². The minimum absolute atomic E-state index is 0.0579. The topological polar surface area (TPSA) is 149 Å². The summed E-state index contributed by atoms with van der Waals surface area (Å²) in [5.74, 6) is -1.15. The van der Waals surface area contributed by atoms with Crippen LogP contribution in [0.5, 0.6) is 0 Å². The van der Waals surface area contributed by atoms with E-state index in [1.54, 1.807) is 6.07 Å². The number of nitrogen functional groups attached to an aromatic ring is 1. The molecule has 10 nitrogen and oxygen atoms in total. The Bertz CT molecular complexity index is 1080. The third-order valence-electron chi connectivity index (χ3n) is 4.68. The number of halogens is 3. The molecule has 1 aromatic heterocycles. The fraction of sp³-hybridized carbons (Fsp3) is 0.368. The van der Waals surface area contributed by atoms with Crippen LogP contribution in [-0.2, 0) is 15.7 Å². The first-order chi connectivity index (χ1) is 15.2. The van der Waals surface area contributed by atoms with Crippen LogP contribution in [0.1, 0.15) is 11.1 Å². The van der Waals surface area contributed by atoms with Crippen LogP contribution in [0.4, 0.5) is 30.6 Å². The molecule has 1 aromatic carbocycles. The summed E-state index contributed by atoms with van der Waals surface area (Å²) in [6, 6.07) is 4.83. The second-order valence-corrected chi connectivity index (χ2v) is 6.96. The number of ether oxygens (including phenoxy) is 1. The summed E-state index contributed by atoms with van der Waals surface area (Å²) in [7, 11) is 0. The number of carbonyl (C=O) groups is 1. The molecule has 0 bridgehead atoms. The van der Waals surface area contributed by atoms with Crippen molar-refractivity contribution in [1.82, 2.24) is 14.9 Å². The lowest BCUT2D eigenvalue weighted by molar-refractivity contribution is -0.137. The number of rotatable bonds is 6. The van der Waals surface area contributed by atoms with Gasteiger partial charge in [-0.25, -0.2) is 0 Å². The van der Waals surface area contributed by atoms with E-state index >= 15 is 0 Å². The minimum Gasteiger partial charge on any atom is -0.379 e. The Morgan fingerprint density at radius 1 is 1.38 bits per heavy atom. The van der Waals surface area contributed by atoms with Gasteiger partial charge in [0.1, 0.15) is 12.1 Å². The van der Waals surface area contributed by atoms with Gasteiger partial charge in [0.2, 0.25) is 11.9 Å². The summed E-state index contributed by atoms with van der Waals surface area (Å²) in [4.78, 5) is 32.9. The maximum atomic E-state index is 13.0. The molecule has 0 saturated carbocycles. The van der Waals surface area contributed by atoms with Gasteiger partial charge in [-0.1, -0.05) is 6.07 Å². The van der Waals surface area contributed by atoms with Crippen LogP contribution in [0.15, 0.2) is 29.1 Å². The van der Waals surface area contributed by atoms with E-state index in [1.807, 2.05) is 4.90 Å². The van der Waals surface area contributed by atoms with Crippen molar-refractivity contribution in [3.63, 3.8) is 0 Å². The normalized spacial score (nSPS) is 15.6. The van der Waals surface area contributed by atoms with Crippen molar-refractivity contribution >= 4 is 23.4 Å². The predicted molar refractivity (Wildman–Crippen MR) is 109 cm³/mol. The summed E-state index contributed by atoms with van der Waals surface area (Å²) in [5, 5.41) is 14.5. The summed E-state index contributed by atoms with van der Waals surface area (Å²) < 4.78 is 44.3. The number of aromatic amines is 1. The predicted octanol–water partition coefficient (Wildman–Crippen LogP) is 0.994. The molecular weight excluding hydrogens is 431 g/mol. The number of H-pyrrole nitrogens is 1. The number of nitrogens with one attached hydrogen (secondary N) is 3. The lowest BCUT2D eigenvalue weighted by Crippen LogP contribution is -2.48. The second-order valence-electron chi connectivity index (χ2n) is 6.96. The maximum absolute atomic E-state index is 13.0. The van der Waals surface area contributed by atoms with E-state index in [-0.39, 0.29) is 29.6 Å². The number of nitrogens with two attached hydrogens (primary N) is 1. The molecule has 5 N–H and O–H groups in total. The van der Waals surface area contributed by atoms with E-state index in [2.05, 4.69) is 20.6 Å². The first-order valence-corrected chi connectivity index (χ1v) is 9.52. The Labute approximate surface area is 180 Å². The van der Waals surface area contributed by atoms with Crippen LogP contribution in [0, 0.1) is 11.3 Å². The third-order valence-corrected chi connectivity index (χ3v) is 4.68. The van der Waals surface area contributed by atoms with Gasteiger partial charge in [0, 0.05) is 25.3 Å². The highest BCUT2D eigenvalue weighted by molar-refractivity contribution is 5.96. The van der Waals surface area contributed by atoms with E-state index in [1.165, 1.54) is 12.1 Å². The fourth-order valence-corrected chi connectivity index (χ4v) is 3.10. The SMILES string of the molecule is N#Cc1c(N[C@@H](CN2CCOCC2)C(=O)Nc2cccc(C(F)(F)F)c2)nc(N)[nH]c1=O. The number of nitrogens with zero attached hydrogens (tertiary/aromatic N) is 3. The zero-order valence-corrected chi connectivity index (χ0v) is 16.7. The van der Waals surface area contributed by atoms with Gasteiger partial charge in [0.05, 0.1) is 18.8 Å². The van der Waals surface area contributed by atoms with Crippen LogP contribution in [0.25, 0.3) is 0 Å². The number of aromatic nitrogens is 2. The van der Waals surface area contributed by atoms with E-state index < -0.39 is 29.2 Å². The Kier molecular flexibility index (Phi) is 6.96. The van der Waals surface area contributed by atoms with E-state index in [4.69, 9.17) is 10.5 Å². The van der Waals surface area contributed by atoms with Crippen molar-refractivity contribution in [2.75, 3.05) is 49.2 Å². The highest BCUT2D eigenvalue weighted by Gasteiger charge is 2.31. The standard InChI is InChI=1S/C19H20F3N7O3/c20-19(21,22)11-2-1-3-12(8-11)25-17(31)14(10-29-4-6-32-7-5-29)26-15-13(9-23)16(30)28-18(24)27-15/h1-3,8,14H,4-7,10H2,(H,25,31)(H4,24,26,27,28,30)/t14-/m0/s1. The first kappa shape index (κ1) is 23.0. The number of nitriles is 1. The summed E-state index contributed by atoms with van der Waals surface area (Å²) >= 11 is 0. The number of morpholine rings is 1. The van der Waals surface area contributed by atoms with Crippen molar-refractivity contribution in [3.8, 4) is 6.07 Å². The molecule has 2 aromatic rings. The molecule has 1 aliphatic heterocycles. The average Bonchev–Trinajstić information content (AvgIpc) is 2.73. The van der Waals surface area contributed by atoms with E-state index in [0.29, 0.717) is 26.3 Å². The lowest BCUT2D eigenvalue weighted by atomic mass is 10.1. The summed E-state index contributed by atoms with van der Waals surface area (Å²) in [6.45, 7) is 2.05. The van der Waals surface area contributed by atoms with Crippen LogP contribution >= 0.6 is 0 Å². The Morgan fingerprint density at radius 2 is 2.09 bits per heavy atom. The van der Waals surface area contributed by atoms with Crippen LogP contribution in [-0.4, -0.2) is 59.7 Å². The maximum Gasteiger partial charge on any atom is 0.416 e. The quantitative estimate of drug-likeness (QED) is 0.508. The smallest absolute Gasteiger partial charge is 0.379 e. The second kappa shape index (κ2) is 9.67. The van der Waals surface area contributed by atoms with Gasteiger partial charge < -0.3 is 21.1 Å². The van der Waals surface area contributed by atoms with Gasteiger partial charge in [0.25, 0.3) is 5.56 Å². The molecule has 0 unspecified atom stereocenters. The summed E-state index contributed by atoms with van der Waals surface area (Å²) in [6.07, 6.45) is -4.57. The Hall–Kier alpha value is -3.63. The molecular formula is C19H20F3N7O3. The molecule has 1 atom stereocenters. The zero-order valence-electron chi connectivity index (χ0n) is 16.7. The molecule has 0 radical (unpaired) electrons. The van der Waals surface area contributed by atoms with Crippen molar-refractivity contribution in [2.24, 2.45) is 0 Å². The number of hydrogen-bond donors (Lipinski definition) is 4. The van der Waals surface area contributed by atoms with Gasteiger partial charge >= 0.3 is 6.18 Å². The van der Waals surface area contributed by atoms with Gasteiger partial charge in [-0.2, -0.15) is 23.4 Å². The molecule has 0 spiro atoms. The third kappa shape index (κ3) is 5.74. The molecule has 170 valence electrons. The van der Waals surface area contributed by atoms with Crippen molar-refractivity contribution in [1.29, 1.82) is 5.26 Å². The number of hydrogen-bond acceptors (Lipinski definition) is 8. The Morgan fingerprint density at radius 3 is 2.75 bits per heavy atom. The largest absolute Gasteiger partial charge is 0.416 e. The molecule has 1 fully saturated rings. The Balaban J connectivity index is 1.87. The van der Waals surface area contributed by atoms with E-state index in [0.717, 1.165) is 12.1 Å². The number of anilines is 3. The molecule has 1 aliphatic rings. The van der Waals surface area contributed by atoms with Crippen molar-refractivity contribution < 1.29 is 22.7 Å². The molecule has 2 heterocycles. The van der Waals surface area contributed by atoms with Crippen LogP contribution in [0.2, 0.25) is 0 Å². The van der Waals surface area contributed by atoms with Gasteiger partial charge in [-0.05, 0) is 18.2 Å². The first-order valence-electron chi connectivity index (χ1n) is 9.52. The van der Waals surface area contributed by atoms with Gasteiger partial charge in [-0.3, -0.25) is 19.5 Å². The highest BCUT2D eigenvalue weighted by atomic mass is 19.4. The number of benzene rings is 1. The highest BCUT2D eigenvalue weighted by Crippen LogP contribution is 2.30. The number of carbonyl (C=O) groups excluding carboxylic acids is 1. The number of amides is 1. The fourth-order valence-electron chi connectivity index (χ4n) is 3.10. The zero-order chi connectivity index (χ0) is 23.3. The monoisotopic (exact) mass is 451 g/mol. The molecule has 1 amide bonds. The molecule has 13 heteroatoms. The van der Waals surface area contributed by atoms with E-state index in [9.17, 15) is 28.0 Å². The van der Waals surface area contributed by atoms with Crippen molar-refractivity contribution in [3.05, 3.63) is 45.7 Å². The van der Waals surface area contributed by atoms with Gasteiger partial charge in [0.15, 0.2) is 11.4 Å². The molecule has 32 heavy (non-hydrogen) atoms. The average molecular weight is 451 g/mol. The minimum atomic E-state index is -4.57. The molecule has 0 aliphatic carbocycles.